The fourth-order valence-electron chi connectivity index (χ4n) is 3.60. The summed E-state index contributed by atoms with van der Waals surface area (Å²) in [5, 5.41) is 21.1. The van der Waals surface area contributed by atoms with Crippen molar-refractivity contribution in [1.29, 1.82) is 0 Å². The predicted octanol–water partition coefficient (Wildman–Crippen LogP) is 2.89. The molecule has 0 heterocycles. The zero-order chi connectivity index (χ0) is 12.8. The summed E-state index contributed by atoms with van der Waals surface area (Å²) in [6.45, 7) is 8.27. The number of aliphatic hydroxyl groups is 2. The van der Waals surface area contributed by atoms with E-state index in [4.69, 9.17) is 0 Å². The molecule has 2 N–H and O–H groups in total. The van der Waals surface area contributed by atoms with Crippen LogP contribution in [0.25, 0.3) is 0 Å². The molecule has 0 saturated heterocycles. The highest BCUT2D eigenvalue weighted by atomic mass is 16.3. The van der Waals surface area contributed by atoms with E-state index in [1.807, 2.05) is 13.8 Å². The van der Waals surface area contributed by atoms with Crippen LogP contribution in [-0.4, -0.2) is 21.4 Å². The normalized spacial score (nSPS) is 46.6. The molecule has 1 fully saturated rings. The molecule has 0 spiro atoms. The maximum atomic E-state index is 10.6. The molecule has 2 rings (SSSR count). The molecule has 0 unspecified atom stereocenters. The minimum absolute atomic E-state index is 0.123. The van der Waals surface area contributed by atoms with E-state index in [-0.39, 0.29) is 11.8 Å². The molecule has 1 saturated carbocycles. The third-order valence-electron chi connectivity index (χ3n) is 4.97. The lowest BCUT2D eigenvalue weighted by atomic mass is 9.77. The summed E-state index contributed by atoms with van der Waals surface area (Å²) in [7, 11) is 0. The lowest BCUT2D eigenvalue weighted by Crippen LogP contribution is -2.40. The van der Waals surface area contributed by atoms with Gasteiger partial charge in [0.2, 0.25) is 0 Å². The highest BCUT2D eigenvalue weighted by Crippen LogP contribution is 2.50. The van der Waals surface area contributed by atoms with Crippen LogP contribution in [0, 0.1) is 17.8 Å². The number of allylic oxidation sites excluding steroid dienone is 1. The van der Waals surface area contributed by atoms with E-state index in [2.05, 4.69) is 19.9 Å². The highest BCUT2D eigenvalue weighted by molar-refractivity contribution is 5.19. The third-order valence-corrected chi connectivity index (χ3v) is 4.97. The number of rotatable bonds is 1. The lowest BCUT2D eigenvalue weighted by Gasteiger charge is -2.34. The fourth-order valence-corrected chi connectivity index (χ4v) is 3.60. The van der Waals surface area contributed by atoms with E-state index in [1.165, 1.54) is 5.57 Å². The molecule has 0 radical (unpaired) electrons. The maximum Gasteiger partial charge on any atom is 0.0686 e. The van der Waals surface area contributed by atoms with Crippen LogP contribution < -0.4 is 0 Å². The van der Waals surface area contributed by atoms with Gasteiger partial charge in [0.15, 0.2) is 0 Å². The minimum atomic E-state index is -0.640. The van der Waals surface area contributed by atoms with Crippen molar-refractivity contribution in [3.05, 3.63) is 11.6 Å². The van der Waals surface area contributed by atoms with Crippen LogP contribution in [0.3, 0.4) is 0 Å². The molecule has 98 valence electrons. The van der Waals surface area contributed by atoms with Crippen LogP contribution in [-0.2, 0) is 0 Å². The standard InChI is InChI=1S/C15H26O2/c1-10(2)11-5-7-14(3,16)12-6-8-15(4,17)13(12)9-11/h9-10,12-13,16-17H,5-8H2,1-4H3/t12-,13+,14+,15-/m0/s1. The van der Waals surface area contributed by atoms with E-state index in [9.17, 15) is 10.2 Å². The Bertz CT molecular complexity index is 326. The van der Waals surface area contributed by atoms with Gasteiger partial charge in [-0.2, -0.15) is 0 Å². The minimum Gasteiger partial charge on any atom is -0.390 e. The molecule has 0 aromatic rings. The van der Waals surface area contributed by atoms with Gasteiger partial charge < -0.3 is 10.2 Å². The Balaban J connectivity index is 2.37. The molecule has 0 bridgehead atoms. The van der Waals surface area contributed by atoms with Crippen molar-refractivity contribution in [3.8, 4) is 0 Å². The first-order valence-corrected chi connectivity index (χ1v) is 6.89. The monoisotopic (exact) mass is 238 g/mol. The van der Waals surface area contributed by atoms with Gasteiger partial charge in [-0.05, 0) is 51.4 Å². The highest BCUT2D eigenvalue weighted by Gasteiger charge is 2.50. The van der Waals surface area contributed by atoms with E-state index >= 15 is 0 Å². The molecule has 0 aromatic carbocycles. The van der Waals surface area contributed by atoms with E-state index in [1.54, 1.807) is 0 Å². The Morgan fingerprint density at radius 2 is 1.82 bits per heavy atom. The average molecular weight is 238 g/mol. The Morgan fingerprint density at radius 1 is 1.18 bits per heavy atom. The van der Waals surface area contributed by atoms with Crippen LogP contribution in [0.5, 0.6) is 0 Å². The second-order valence-corrected chi connectivity index (χ2v) is 6.78. The first-order valence-electron chi connectivity index (χ1n) is 6.89. The zero-order valence-electron chi connectivity index (χ0n) is 11.5. The third kappa shape index (κ3) is 2.30. The van der Waals surface area contributed by atoms with Gasteiger partial charge in [-0.3, -0.25) is 0 Å². The van der Waals surface area contributed by atoms with Crippen LogP contribution >= 0.6 is 0 Å². The Labute approximate surface area is 105 Å². The van der Waals surface area contributed by atoms with Gasteiger partial charge in [0.25, 0.3) is 0 Å². The SMILES string of the molecule is CC(C)C1=C[C@@H]2[C@H](CC[C@]2(C)O)[C@](C)(O)CC1. The molecule has 17 heavy (non-hydrogen) atoms. The summed E-state index contributed by atoms with van der Waals surface area (Å²) >= 11 is 0. The summed E-state index contributed by atoms with van der Waals surface area (Å²) in [5.41, 5.74) is 0.136. The van der Waals surface area contributed by atoms with Crippen LogP contribution in [0.1, 0.15) is 53.4 Å². The van der Waals surface area contributed by atoms with Crippen molar-refractivity contribution in [3.63, 3.8) is 0 Å². The Morgan fingerprint density at radius 3 is 2.41 bits per heavy atom. The van der Waals surface area contributed by atoms with Crippen LogP contribution in [0.2, 0.25) is 0 Å². The summed E-state index contributed by atoms with van der Waals surface area (Å²) in [6.07, 6.45) is 5.80. The maximum absolute atomic E-state index is 10.6. The molecule has 0 aromatic heterocycles. The molecule has 0 amide bonds. The Kier molecular flexibility index (Phi) is 3.16. The van der Waals surface area contributed by atoms with Crippen molar-refractivity contribution in [2.24, 2.45) is 17.8 Å². The van der Waals surface area contributed by atoms with Gasteiger partial charge in [-0.15, -0.1) is 0 Å². The fraction of sp³-hybridized carbons (Fsp3) is 0.867. The molecule has 2 aliphatic rings. The molecular formula is C15H26O2. The summed E-state index contributed by atoms with van der Waals surface area (Å²) in [4.78, 5) is 0. The number of fused-ring (bicyclic) bond motifs is 1. The Hall–Kier alpha value is -0.340. The van der Waals surface area contributed by atoms with Gasteiger partial charge >= 0.3 is 0 Å². The average Bonchev–Trinajstić information content (AvgIpc) is 2.39. The molecule has 0 aliphatic heterocycles. The van der Waals surface area contributed by atoms with Gasteiger partial charge in [0, 0.05) is 5.92 Å². The van der Waals surface area contributed by atoms with Crippen molar-refractivity contribution < 1.29 is 10.2 Å². The first-order chi connectivity index (χ1) is 7.74. The quantitative estimate of drug-likeness (QED) is 0.690. The van der Waals surface area contributed by atoms with Crippen LogP contribution in [0.15, 0.2) is 11.6 Å². The smallest absolute Gasteiger partial charge is 0.0686 e. The van der Waals surface area contributed by atoms with E-state index < -0.39 is 11.2 Å². The summed E-state index contributed by atoms with van der Waals surface area (Å²) < 4.78 is 0. The van der Waals surface area contributed by atoms with E-state index in [0.717, 1.165) is 25.7 Å². The van der Waals surface area contributed by atoms with Crippen LogP contribution in [0.4, 0.5) is 0 Å². The summed E-state index contributed by atoms with van der Waals surface area (Å²) in [5.74, 6) is 0.854. The number of hydrogen-bond donors (Lipinski definition) is 2. The molecular weight excluding hydrogens is 212 g/mol. The van der Waals surface area contributed by atoms with Gasteiger partial charge in [-0.1, -0.05) is 25.5 Å². The molecule has 2 aliphatic carbocycles. The topological polar surface area (TPSA) is 40.5 Å². The second-order valence-electron chi connectivity index (χ2n) is 6.78. The van der Waals surface area contributed by atoms with Crippen molar-refractivity contribution in [2.75, 3.05) is 0 Å². The number of hydrogen-bond acceptors (Lipinski definition) is 2. The molecule has 2 nitrogen and oxygen atoms in total. The summed E-state index contributed by atoms with van der Waals surface area (Å²) in [6, 6.07) is 0. The molecule has 4 atom stereocenters. The van der Waals surface area contributed by atoms with Crippen molar-refractivity contribution >= 4 is 0 Å². The lowest BCUT2D eigenvalue weighted by molar-refractivity contribution is -0.0419. The van der Waals surface area contributed by atoms with Crippen molar-refractivity contribution in [2.45, 2.75) is 64.6 Å². The molecule has 2 heteroatoms. The largest absolute Gasteiger partial charge is 0.390 e. The zero-order valence-corrected chi connectivity index (χ0v) is 11.5. The first kappa shape index (κ1) is 13.1. The van der Waals surface area contributed by atoms with Gasteiger partial charge in [0.1, 0.15) is 0 Å². The van der Waals surface area contributed by atoms with Gasteiger partial charge in [0.05, 0.1) is 11.2 Å². The van der Waals surface area contributed by atoms with Crippen molar-refractivity contribution in [1.82, 2.24) is 0 Å². The van der Waals surface area contributed by atoms with Gasteiger partial charge in [-0.25, -0.2) is 0 Å². The van der Waals surface area contributed by atoms with E-state index in [0.29, 0.717) is 5.92 Å². The predicted molar refractivity (Wildman–Crippen MR) is 69.6 cm³/mol. The second kappa shape index (κ2) is 4.10.